The van der Waals surface area contributed by atoms with Crippen LogP contribution in [0.4, 0.5) is 19.0 Å². The maximum absolute atomic E-state index is 12.6. The molecule has 0 saturated carbocycles. The summed E-state index contributed by atoms with van der Waals surface area (Å²) in [5, 5.41) is 3.35. The Bertz CT molecular complexity index is 1080. The molecule has 0 unspecified atom stereocenters. The van der Waals surface area contributed by atoms with Gasteiger partial charge in [0.1, 0.15) is 11.6 Å². The van der Waals surface area contributed by atoms with Crippen LogP contribution in [0.3, 0.4) is 0 Å². The largest absolute Gasteiger partial charge is 0.484 e. The molecule has 0 radical (unpaired) electrons. The molecule has 3 aromatic rings. The van der Waals surface area contributed by atoms with Crippen molar-refractivity contribution in [2.75, 3.05) is 37.7 Å². The molecular weight excluding hydrogens is 427 g/mol. The Kier molecular flexibility index (Phi) is 5.97. The summed E-state index contributed by atoms with van der Waals surface area (Å²) in [5.41, 5.74) is 1.28. The lowest BCUT2D eigenvalue weighted by atomic mass is 10.2. The maximum Gasteiger partial charge on any atom is 0.471 e. The van der Waals surface area contributed by atoms with Crippen molar-refractivity contribution in [2.24, 2.45) is 0 Å². The van der Waals surface area contributed by atoms with Crippen molar-refractivity contribution in [3.05, 3.63) is 54.0 Å². The van der Waals surface area contributed by atoms with E-state index in [9.17, 15) is 18.0 Å². The van der Waals surface area contributed by atoms with E-state index in [0.29, 0.717) is 43.3 Å². The number of amides is 1. The van der Waals surface area contributed by atoms with Gasteiger partial charge in [0.2, 0.25) is 5.82 Å². The van der Waals surface area contributed by atoms with Gasteiger partial charge in [-0.05, 0) is 30.7 Å². The van der Waals surface area contributed by atoms with Crippen LogP contribution in [-0.4, -0.2) is 58.7 Å². The predicted octanol–water partition coefficient (Wildman–Crippen LogP) is 3.19. The molecule has 8 nitrogen and oxygen atoms in total. The zero-order valence-electron chi connectivity index (χ0n) is 17.2. The molecule has 1 saturated heterocycles. The van der Waals surface area contributed by atoms with Gasteiger partial charge in [-0.25, -0.2) is 4.98 Å². The summed E-state index contributed by atoms with van der Waals surface area (Å²) in [5.74, 6) is -0.331. The first-order chi connectivity index (χ1) is 15.3. The number of aryl methyl sites for hydroxylation is 1. The average Bonchev–Trinajstić information content (AvgIpc) is 3.30. The number of benzene rings is 1. The molecule has 0 atom stereocenters. The molecule has 3 heterocycles. The van der Waals surface area contributed by atoms with Gasteiger partial charge in [0, 0.05) is 37.9 Å². The minimum Gasteiger partial charge on any atom is -0.484 e. The van der Waals surface area contributed by atoms with E-state index in [4.69, 9.17) is 4.74 Å². The second-order valence-corrected chi connectivity index (χ2v) is 7.25. The molecule has 11 heteroatoms. The van der Waals surface area contributed by atoms with Gasteiger partial charge < -0.3 is 19.1 Å². The van der Waals surface area contributed by atoms with E-state index < -0.39 is 12.1 Å². The predicted molar refractivity (Wildman–Crippen MR) is 108 cm³/mol. The Hall–Kier alpha value is -3.63. The van der Waals surface area contributed by atoms with E-state index in [1.165, 1.54) is 6.20 Å². The molecule has 4 rings (SSSR count). The molecule has 1 aromatic carbocycles. The number of pyridine rings is 1. The highest BCUT2D eigenvalue weighted by molar-refractivity contribution is 5.78. The summed E-state index contributed by atoms with van der Waals surface area (Å²) in [7, 11) is 0. The van der Waals surface area contributed by atoms with Crippen molar-refractivity contribution in [3.63, 3.8) is 0 Å². The van der Waals surface area contributed by atoms with Gasteiger partial charge in [0.05, 0.1) is 0 Å². The third kappa shape index (κ3) is 4.82. The Morgan fingerprint density at radius 2 is 1.88 bits per heavy atom. The number of rotatable bonds is 5. The molecular formula is C21H20F3N5O3. The normalized spacial score (nSPS) is 14.5. The first-order valence-electron chi connectivity index (χ1n) is 9.90. The van der Waals surface area contributed by atoms with E-state index in [0.717, 1.165) is 5.56 Å². The van der Waals surface area contributed by atoms with Crippen LogP contribution in [0.1, 0.15) is 11.5 Å². The standard InChI is InChI=1S/C21H20F3N5O3/c1-14-4-2-3-5-16(14)31-13-18(30)29-10-8-28(9-11-29)17-7-6-15(12-25-17)19-26-20(32-27-19)21(22,23)24/h2-7,12H,8-11,13H2,1H3. The SMILES string of the molecule is Cc1ccccc1OCC(=O)N1CCN(c2ccc(-c3noc(C(F)(F)F)n3)cn2)CC1. The number of carbonyl (C=O) groups excluding carboxylic acids is 1. The lowest BCUT2D eigenvalue weighted by molar-refractivity contribution is -0.159. The van der Waals surface area contributed by atoms with Crippen LogP contribution in [0.5, 0.6) is 5.75 Å². The molecule has 1 aliphatic rings. The lowest BCUT2D eigenvalue weighted by Gasteiger charge is -2.35. The topological polar surface area (TPSA) is 84.6 Å². The molecule has 32 heavy (non-hydrogen) atoms. The Labute approximate surface area is 181 Å². The molecule has 0 N–H and O–H groups in total. The van der Waals surface area contributed by atoms with Crippen molar-refractivity contribution in [1.82, 2.24) is 20.0 Å². The smallest absolute Gasteiger partial charge is 0.471 e. The van der Waals surface area contributed by atoms with Crippen LogP contribution in [0.25, 0.3) is 11.4 Å². The number of hydrogen-bond acceptors (Lipinski definition) is 7. The number of anilines is 1. The van der Waals surface area contributed by atoms with Gasteiger partial charge in [-0.2, -0.15) is 18.2 Å². The number of hydrogen-bond donors (Lipinski definition) is 0. The van der Waals surface area contributed by atoms with E-state index in [1.54, 1.807) is 17.0 Å². The number of para-hydroxylation sites is 1. The van der Waals surface area contributed by atoms with E-state index >= 15 is 0 Å². The van der Waals surface area contributed by atoms with Gasteiger partial charge in [-0.15, -0.1) is 0 Å². The average molecular weight is 447 g/mol. The second-order valence-electron chi connectivity index (χ2n) is 7.25. The Balaban J connectivity index is 1.31. The highest BCUT2D eigenvalue weighted by atomic mass is 19.4. The number of aromatic nitrogens is 3. The van der Waals surface area contributed by atoms with Crippen LogP contribution >= 0.6 is 0 Å². The van der Waals surface area contributed by atoms with Crippen LogP contribution in [0.15, 0.2) is 47.1 Å². The molecule has 168 valence electrons. The molecule has 1 aliphatic heterocycles. The number of ether oxygens (including phenoxy) is 1. The summed E-state index contributed by atoms with van der Waals surface area (Å²) < 4.78 is 47.7. The minimum atomic E-state index is -4.69. The molecule has 2 aromatic heterocycles. The number of nitrogens with zero attached hydrogens (tertiary/aromatic N) is 5. The fraction of sp³-hybridized carbons (Fsp3) is 0.333. The maximum atomic E-state index is 12.6. The van der Waals surface area contributed by atoms with Gasteiger partial charge in [0.25, 0.3) is 5.91 Å². The van der Waals surface area contributed by atoms with Crippen molar-refractivity contribution in [2.45, 2.75) is 13.1 Å². The third-order valence-electron chi connectivity index (χ3n) is 5.08. The van der Waals surface area contributed by atoms with Crippen LogP contribution in [0, 0.1) is 6.92 Å². The molecule has 0 spiro atoms. The highest BCUT2D eigenvalue weighted by Crippen LogP contribution is 2.29. The minimum absolute atomic E-state index is 0.0254. The van der Waals surface area contributed by atoms with Gasteiger partial charge in [0.15, 0.2) is 6.61 Å². The zero-order valence-corrected chi connectivity index (χ0v) is 17.2. The van der Waals surface area contributed by atoms with Crippen molar-refractivity contribution in [1.29, 1.82) is 0 Å². The molecule has 0 bridgehead atoms. The van der Waals surface area contributed by atoms with E-state index in [1.807, 2.05) is 36.1 Å². The first-order valence-corrected chi connectivity index (χ1v) is 9.90. The van der Waals surface area contributed by atoms with Crippen molar-refractivity contribution < 1.29 is 27.2 Å². The van der Waals surface area contributed by atoms with Gasteiger partial charge in [-0.3, -0.25) is 4.79 Å². The fourth-order valence-electron chi connectivity index (χ4n) is 3.30. The number of piperazine rings is 1. The quantitative estimate of drug-likeness (QED) is 0.594. The number of carbonyl (C=O) groups is 1. The fourth-order valence-corrected chi connectivity index (χ4v) is 3.30. The van der Waals surface area contributed by atoms with E-state index in [-0.39, 0.29) is 18.3 Å². The number of alkyl halides is 3. The monoisotopic (exact) mass is 447 g/mol. The van der Waals surface area contributed by atoms with Gasteiger partial charge in [-0.1, -0.05) is 23.4 Å². The van der Waals surface area contributed by atoms with Crippen LogP contribution in [0.2, 0.25) is 0 Å². The van der Waals surface area contributed by atoms with Crippen molar-refractivity contribution in [3.8, 4) is 17.1 Å². The Morgan fingerprint density at radius 3 is 2.50 bits per heavy atom. The third-order valence-corrected chi connectivity index (χ3v) is 5.08. The highest BCUT2D eigenvalue weighted by Gasteiger charge is 2.38. The molecule has 0 aliphatic carbocycles. The summed E-state index contributed by atoms with van der Waals surface area (Å²) in [6, 6.07) is 10.8. The van der Waals surface area contributed by atoms with Crippen LogP contribution < -0.4 is 9.64 Å². The first kappa shape index (κ1) is 21.6. The van der Waals surface area contributed by atoms with Gasteiger partial charge >= 0.3 is 12.1 Å². The summed E-state index contributed by atoms with van der Waals surface area (Å²) in [4.78, 5) is 23.9. The zero-order chi connectivity index (χ0) is 22.7. The van der Waals surface area contributed by atoms with Crippen molar-refractivity contribution >= 4 is 11.7 Å². The molecule has 1 amide bonds. The number of halogens is 3. The second kappa shape index (κ2) is 8.85. The Morgan fingerprint density at radius 1 is 1.12 bits per heavy atom. The summed E-state index contributed by atoms with van der Waals surface area (Å²) >= 11 is 0. The molecule has 1 fully saturated rings. The summed E-state index contributed by atoms with van der Waals surface area (Å²) in [6.45, 7) is 4.07. The lowest BCUT2D eigenvalue weighted by Crippen LogP contribution is -2.50. The van der Waals surface area contributed by atoms with E-state index in [2.05, 4.69) is 19.6 Å². The summed E-state index contributed by atoms with van der Waals surface area (Å²) in [6.07, 6.45) is -3.30. The van der Waals surface area contributed by atoms with Crippen LogP contribution in [-0.2, 0) is 11.0 Å².